The zero-order valence-corrected chi connectivity index (χ0v) is 14.4. The van der Waals surface area contributed by atoms with Crippen molar-refractivity contribution in [1.82, 2.24) is 4.57 Å². The van der Waals surface area contributed by atoms with Crippen molar-refractivity contribution in [3.05, 3.63) is 58.2 Å². The van der Waals surface area contributed by atoms with Gasteiger partial charge in [0.25, 0.3) is 0 Å². The van der Waals surface area contributed by atoms with E-state index >= 15 is 0 Å². The molecule has 4 nitrogen and oxygen atoms in total. The third-order valence-corrected chi connectivity index (χ3v) is 4.53. The van der Waals surface area contributed by atoms with Crippen LogP contribution in [0, 0.1) is 0 Å². The van der Waals surface area contributed by atoms with Gasteiger partial charge in [-0.1, -0.05) is 23.2 Å². The lowest BCUT2D eigenvalue weighted by molar-refractivity contribution is -0.139. The van der Waals surface area contributed by atoms with E-state index in [9.17, 15) is 18.0 Å². The highest BCUT2D eigenvalue weighted by molar-refractivity contribution is 6.43. The Morgan fingerprint density at radius 2 is 1.85 bits per heavy atom. The molecule has 0 aliphatic heterocycles. The van der Waals surface area contributed by atoms with Gasteiger partial charge in [-0.25, -0.2) is 4.79 Å². The van der Waals surface area contributed by atoms with Crippen molar-refractivity contribution in [3.63, 3.8) is 0 Å². The van der Waals surface area contributed by atoms with E-state index in [-0.39, 0.29) is 10.7 Å². The highest BCUT2D eigenvalue weighted by Crippen LogP contribution is 2.41. The number of nitrogens with zero attached hydrogens (tertiary/aromatic N) is 1. The van der Waals surface area contributed by atoms with Crippen molar-refractivity contribution in [2.75, 3.05) is 6.61 Å². The van der Waals surface area contributed by atoms with Gasteiger partial charge in [0.05, 0.1) is 26.8 Å². The Bertz CT molecular complexity index is 999. The van der Waals surface area contributed by atoms with Crippen molar-refractivity contribution in [1.29, 1.82) is 0 Å². The minimum atomic E-state index is -4.62. The van der Waals surface area contributed by atoms with E-state index in [1.807, 2.05) is 0 Å². The number of aliphatic carboxylic acids is 1. The SMILES string of the molecule is O=C(O)COc1ccc2ccn(-c3ccc(C(F)(F)F)c(Cl)c3Cl)c2c1. The molecule has 0 fully saturated rings. The maximum absolute atomic E-state index is 12.9. The highest BCUT2D eigenvalue weighted by Gasteiger charge is 2.34. The lowest BCUT2D eigenvalue weighted by atomic mass is 10.2. The number of halogens is 5. The predicted molar refractivity (Wildman–Crippen MR) is 91.4 cm³/mol. The van der Waals surface area contributed by atoms with Crippen molar-refractivity contribution in [2.45, 2.75) is 6.18 Å². The topological polar surface area (TPSA) is 51.5 Å². The molecule has 136 valence electrons. The van der Waals surface area contributed by atoms with Gasteiger partial charge in [0, 0.05) is 17.6 Å². The summed E-state index contributed by atoms with van der Waals surface area (Å²) in [6.07, 6.45) is -2.99. The molecule has 0 saturated heterocycles. The average Bonchev–Trinajstić information content (AvgIpc) is 2.97. The number of benzene rings is 2. The molecule has 3 rings (SSSR count). The van der Waals surface area contributed by atoms with Crippen molar-refractivity contribution >= 4 is 40.1 Å². The van der Waals surface area contributed by atoms with E-state index < -0.39 is 29.3 Å². The molecule has 1 heterocycles. The summed E-state index contributed by atoms with van der Waals surface area (Å²) in [6, 6.07) is 8.68. The second-order valence-electron chi connectivity index (χ2n) is 5.35. The fourth-order valence-corrected chi connectivity index (χ4v) is 3.02. The maximum atomic E-state index is 12.9. The Balaban J connectivity index is 2.09. The first-order valence-corrected chi connectivity index (χ1v) is 7.95. The zero-order valence-electron chi connectivity index (χ0n) is 12.8. The van der Waals surface area contributed by atoms with Gasteiger partial charge < -0.3 is 14.4 Å². The van der Waals surface area contributed by atoms with Gasteiger partial charge in [-0.15, -0.1) is 0 Å². The number of alkyl halides is 3. The molecule has 0 spiro atoms. The second kappa shape index (κ2) is 6.74. The first-order valence-electron chi connectivity index (χ1n) is 7.20. The van der Waals surface area contributed by atoms with Crippen LogP contribution in [0.4, 0.5) is 13.2 Å². The third-order valence-electron chi connectivity index (χ3n) is 3.65. The third kappa shape index (κ3) is 3.45. The Labute approximate surface area is 155 Å². The Hall–Kier alpha value is -2.38. The van der Waals surface area contributed by atoms with E-state index in [2.05, 4.69) is 0 Å². The smallest absolute Gasteiger partial charge is 0.417 e. The van der Waals surface area contributed by atoms with Gasteiger partial charge in [0.15, 0.2) is 6.61 Å². The molecule has 9 heteroatoms. The second-order valence-corrected chi connectivity index (χ2v) is 6.10. The molecule has 1 aromatic heterocycles. The van der Waals surface area contributed by atoms with Crippen molar-refractivity contribution < 1.29 is 27.8 Å². The molecule has 0 saturated carbocycles. The maximum Gasteiger partial charge on any atom is 0.417 e. The first kappa shape index (κ1) is 18.4. The Morgan fingerprint density at radius 1 is 1.12 bits per heavy atom. The van der Waals surface area contributed by atoms with Gasteiger partial charge in [-0.2, -0.15) is 13.2 Å². The van der Waals surface area contributed by atoms with Gasteiger partial charge in [0.1, 0.15) is 5.75 Å². The lowest BCUT2D eigenvalue weighted by Crippen LogP contribution is -2.09. The molecule has 0 aliphatic rings. The van der Waals surface area contributed by atoms with Crippen LogP contribution in [0.1, 0.15) is 5.56 Å². The molecule has 0 unspecified atom stereocenters. The molecule has 0 aliphatic carbocycles. The van der Waals surface area contributed by atoms with E-state index in [4.69, 9.17) is 33.0 Å². The van der Waals surface area contributed by atoms with Crippen molar-refractivity contribution in [2.24, 2.45) is 0 Å². The van der Waals surface area contributed by atoms with E-state index in [1.165, 1.54) is 6.07 Å². The molecule has 1 N–H and O–H groups in total. The highest BCUT2D eigenvalue weighted by atomic mass is 35.5. The summed E-state index contributed by atoms with van der Waals surface area (Å²) in [4.78, 5) is 10.6. The summed E-state index contributed by atoms with van der Waals surface area (Å²) in [6.45, 7) is -0.515. The number of aromatic nitrogens is 1. The molecule has 26 heavy (non-hydrogen) atoms. The van der Waals surface area contributed by atoms with Crippen LogP contribution >= 0.6 is 23.2 Å². The van der Waals surface area contributed by atoms with E-state index in [1.54, 1.807) is 35.0 Å². The first-order chi connectivity index (χ1) is 12.2. The summed E-state index contributed by atoms with van der Waals surface area (Å²) in [5, 5.41) is 8.62. The van der Waals surface area contributed by atoms with E-state index in [0.717, 1.165) is 11.5 Å². The fraction of sp³-hybridized carbons (Fsp3) is 0.118. The normalized spacial score (nSPS) is 11.7. The fourth-order valence-electron chi connectivity index (χ4n) is 2.50. The van der Waals surface area contributed by atoms with Gasteiger partial charge >= 0.3 is 12.1 Å². The lowest BCUT2D eigenvalue weighted by Gasteiger charge is -2.14. The number of ether oxygens (including phenoxy) is 1. The van der Waals surface area contributed by atoms with Gasteiger partial charge in [-0.05, 0) is 30.3 Å². The number of carboxylic acid groups (broad SMARTS) is 1. The molecular weight excluding hydrogens is 394 g/mol. The van der Waals surface area contributed by atoms with Crippen LogP contribution in [-0.4, -0.2) is 22.2 Å². The van der Waals surface area contributed by atoms with Crippen LogP contribution in [0.25, 0.3) is 16.6 Å². The van der Waals surface area contributed by atoms with Crippen LogP contribution < -0.4 is 4.74 Å². The van der Waals surface area contributed by atoms with Crippen molar-refractivity contribution in [3.8, 4) is 11.4 Å². The number of fused-ring (bicyclic) bond motifs is 1. The van der Waals surface area contributed by atoms with Crippen LogP contribution in [0.2, 0.25) is 10.0 Å². The van der Waals surface area contributed by atoms with E-state index in [0.29, 0.717) is 11.3 Å². The number of hydrogen-bond acceptors (Lipinski definition) is 2. The molecule has 2 aromatic carbocycles. The summed E-state index contributed by atoms with van der Waals surface area (Å²) < 4.78 is 45.5. The Kier molecular flexibility index (Phi) is 4.77. The van der Waals surface area contributed by atoms with Crippen LogP contribution in [0.3, 0.4) is 0 Å². The van der Waals surface area contributed by atoms with Gasteiger partial charge in [-0.3, -0.25) is 0 Å². The minimum absolute atomic E-state index is 0.240. The average molecular weight is 404 g/mol. The number of rotatable bonds is 4. The zero-order chi connectivity index (χ0) is 19.1. The molecule has 0 radical (unpaired) electrons. The van der Waals surface area contributed by atoms with Crippen LogP contribution in [0.15, 0.2) is 42.6 Å². The molecule has 0 amide bonds. The standard InChI is InChI=1S/C17H10Cl2F3NO3/c18-15-11(17(20,21)22)3-4-12(16(15)19)23-6-5-9-1-2-10(7-13(9)23)26-8-14(24)25/h1-7H,8H2,(H,24,25). The summed E-state index contributed by atoms with van der Waals surface area (Å²) in [7, 11) is 0. The minimum Gasteiger partial charge on any atom is -0.482 e. The number of carboxylic acids is 1. The predicted octanol–water partition coefficient (Wildman–Crippen LogP) is 5.42. The number of carbonyl (C=O) groups is 1. The summed E-state index contributed by atoms with van der Waals surface area (Å²) in [5.74, 6) is -0.827. The Morgan fingerprint density at radius 3 is 2.50 bits per heavy atom. The quantitative estimate of drug-likeness (QED) is 0.632. The molecule has 0 bridgehead atoms. The van der Waals surface area contributed by atoms with Gasteiger partial charge in [0.2, 0.25) is 0 Å². The monoisotopic (exact) mass is 403 g/mol. The summed E-state index contributed by atoms with van der Waals surface area (Å²) >= 11 is 11.9. The summed E-state index contributed by atoms with van der Waals surface area (Å²) in [5.41, 5.74) is -0.185. The van der Waals surface area contributed by atoms with Crippen LogP contribution in [0.5, 0.6) is 5.75 Å². The number of hydrogen-bond donors (Lipinski definition) is 1. The van der Waals surface area contributed by atoms with Crippen LogP contribution in [-0.2, 0) is 11.0 Å². The molecule has 3 aromatic rings. The molecular formula is C17H10Cl2F3NO3. The largest absolute Gasteiger partial charge is 0.482 e. The molecule has 0 atom stereocenters.